The van der Waals surface area contributed by atoms with Crippen LogP contribution in [0.4, 0.5) is 0 Å². The highest BCUT2D eigenvalue weighted by molar-refractivity contribution is 5.82. The lowest BCUT2D eigenvalue weighted by Crippen LogP contribution is -1.94. The summed E-state index contributed by atoms with van der Waals surface area (Å²) in [5, 5.41) is 8.51. The standard InChI is InChI=1S/C10H16O3/c1-9(5-3-4-8-11)6-7-10(12)13-2/h6-7,11H,1,3-5,8H2,2H3. The van der Waals surface area contributed by atoms with E-state index in [4.69, 9.17) is 5.11 Å². The number of unbranched alkanes of at least 4 members (excludes halogenated alkanes) is 1. The van der Waals surface area contributed by atoms with Crippen LogP contribution in [-0.4, -0.2) is 24.8 Å². The first-order valence-corrected chi connectivity index (χ1v) is 4.25. The van der Waals surface area contributed by atoms with Gasteiger partial charge in [-0.2, -0.15) is 0 Å². The van der Waals surface area contributed by atoms with Crippen LogP contribution in [0.2, 0.25) is 0 Å². The van der Waals surface area contributed by atoms with Crippen molar-refractivity contribution in [2.75, 3.05) is 13.7 Å². The van der Waals surface area contributed by atoms with Crippen LogP contribution in [0.25, 0.3) is 0 Å². The fourth-order valence-electron chi connectivity index (χ4n) is 0.801. The molecule has 0 unspecified atom stereocenters. The molecule has 3 heteroatoms. The van der Waals surface area contributed by atoms with Crippen LogP contribution >= 0.6 is 0 Å². The van der Waals surface area contributed by atoms with Crippen LogP contribution in [0.3, 0.4) is 0 Å². The number of carbonyl (C=O) groups is 1. The highest BCUT2D eigenvalue weighted by Gasteiger charge is 1.93. The Bertz CT molecular complexity index is 194. The second kappa shape index (κ2) is 7.55. The van der Waals surface area contributed by atoms with Gasteiger partial charge in [-0.1, -0.05) is 18.2 Å². The largest absolute Gasteiger partial charge is 0.466 e. The molecule has 0 aliphatic rings. The molecule has 0 heterocycles. The van der Waals surface area contributed by atoms with Gasteiger partial charge in [0.2, 0.25) is 0 Å². The lowest BCUT2D eigenvalue weighted by Gasteiger charge is -1.97. The van der Waals surface area contributed by atoms with Gasteiger partial charge < -0.3 is 9.84 Å². The Morgan fingerprint density at radius 1 is 1.46 bits per heavy atom. The van der Waals surface area contributed by atoms with Gasteiger partial charge in [0.05, 0.1) is 7.11 Å². The fourth-order valence-corrected chi connectivity index (χ4v) is 0.801. The molecule has 0 spiro atoms. The van der Waals surface area contributed by atoms with Crippen LogP contribution in [0, 0.1) is 0 Å². The minimum absolute atomic E-state index is 0.202. The summed E-state index contributed by atoms with van der Waals surface area (Å²) < 4.78 is 4.42. The van der Waals surface area contributed by atoms with Crippen molar-refractivity contribution in [3.8, 4) is 0 Å². The number of allylic oxidation sites excluding steroid dienone is 2. The van der Waals surface area contributed by atoms with E-state index in [-0.39, 0.29) is 12.6 Å². The quantitative estimate of drug-likeness (QED) is 0.294. The van der Waals surface area contributed by atoms with Crippen molar-refractivity contribution in [3.05, 3.63) is 24.3 Å². The molecule has 0 rings (SSSR count). The third-order valence-electron chi connectivity index (χ3n) is 1.56. The lowest BCUT2D eigenvalue weighted by atomic mass is 10.1. The normalized spacial score (nSPS) is 10.3. The molecule has 13 heavy (non-hydrogen) atoms. The van der Waals surface area contributed by atoms with Crippen molar-refractivity contribution in [1.29, 1.82) is 0 Å². The zero-order valence-corrected chi connectivity index (χ0v) is 7.95. The predicted molar refractivity (Wildman–Crippen MR) is 51.2 cm³/mol. The predicted octanol–water partition coefficient (Wildman–Crippen LogP) is 1.43. The Balaban J connectivity index is 3.61. The highest BCUT2D eigenvalue weighted by atomic mass is 16.5. The number of methoxy groups -OCH3 is 1. The van der Waals surface area contributed by atoms with Gasteiger partial charge in [0.1, 0.15) is 0 Å². The van der Waals surface area contributed by atoms with E-state index in [0.29, 0.717) is 0 Å². The van der Waals surface area contributed by atoms with E-state index in [1.165, 1.54) is 13.2 Å². The van der Waals surface area contributed by atoms with Crippen LogP contribution < -0.4 is 0 Å². The molecule has 74 valence electrons. The first-order chi connectivity index (χ1) is 6.20. The number of esters is 1. The van der Waals surface area contributed by atoms with Crippen molar-refractivity contribution in [2.24, 2.45) is 0 Å². The number of rotatable bonds is 6. The van der Waals surface area contributed by atoms with Gasteiger partial charge in [-0.15, -0.1) is 0 Å². The number of aliphatic hydroxyl groups excluding tert-OH is 1. The molecule has 0 aromatic rings. The van der Waals surface area contributed by atoms with E-state index in [1.54, 1.807) is 6.08 Å². The summed E-state index contributed by atoms with van der Waals surface area (Å²) in [7, 11) is 1.33. The van der Waals surface area contributed by atoms with Gasteiger partial charge in [0.25, 0.3) is 0 Å². The number of aliphatic hydroxyl groups is 1. The van der Waals surface area contributed by atoms with Gasteiger partial charge in [-0.25, -0.2) is 4.79 Å². The Morgan fingerprint density at radius 3 is 2.69 bits per heavy atom. The van der Waals surface area contributed by atoms with Gasteiger partial charge in [0, 0.05) is 12.7 Å². The minimum Gasteiger partial charge on any atom is -0.466 e. The Kier molecular flexibility index (Phi) is 6.92. The third-order valence-corrected chi connectivity index (χ3v) is 1.56. The molecule has 0 saturated heterocycles. The summed E-state index contributed by atoms with van der Waals surface area (Å²) in [5.41, 5.74) is 0.874. The molecule has 1 N–H and O–H groups in total. The maximum atomic E-state index is 10.7. The topological polar surface area (TPSA) is 46.5 Å². The molecule has 0 saturated carbocycles. The van der Waals surface area contributed by atoms with Crippen molar-refractivity contribution in [2.45, 2.75) is 19.3 Å². The van der Waals surface area contributed by atoms with Crippen LogP contribution in [-0.2, 0) is 9.53 Å². The van der Waals surface area contributed by atoms with Gasteiger partial charge in [-0.05, 0) is 19.3 Å². The Morgan fingerprint density at radius 2 is 2.15 bits per heavy atom. The molecule has 0 aliphatic carbocycles. The lowest BCUT2D eigenvalue weighted by molar-refractivity contribution is -0.134. The second-order valence-corrected chi connectivity index (χ2v) is 2.70. The number of hydrogen-bond donors (Lipinski definition) is 1. The molecule has 0 bridgehead atoms. The van der Waals surface area contributed by atoms with Crippen LogP contribution in [0.15, 0.2) is 24.3 Å². The van der Waals surface area contributed by atoms with E-state index in [9.17, 15) is 4.79 Å². The molecule has 0 amide bonds. The summed E-state index contributed by atoms with van der Waals surface area (Å²) >= 11 is 0. The van der Waals surface area contributed by atoms with E-state index in [0.717, 1.165) is 24.8 Å². The van der Waals surface area contributed by atoms with Gasteiger partial charge >= 0.3 is 5.97 Å². The van der Waals surface area contributed by atoms with Gasteiger partial charge in [0.15, 0.2) is 0 Å². The number of carbonyl (C=O) groups excluding carboxylic acids is 1. The van der Waals surface area contributed by atoms with Crippen molar-refractivity contribution in [3.63, 3.8) is 0 Å². The molecule has 0 aromatic heterocycles. The maximum Gasteiger partial charge on any atom is 0.330 e. The van der Waals surface area contributed by atoms with Crippen LogP contribution in [0.5, 0.6) is 0 Å². The molecule has 0 aliphatic heterocycles. The smallest absolute Gasteiger partial charge is 0.330 e. The molecule has 0 aromatic carbocycles. The number of hydrogen-bond acceptors (Lipinski definition) is 3. The summed E-state index contributed by atoms with van der Waals surface area (Å²) in [4.78, 5) is 10.7. The van der Waals surface area contributed by atoms with Crippen molar-refractivity contribution in [1.82, 2.24) is 0 Å². The van der Waals surface area contributed by atoms with Gasteiger partial charge in [-0.3, -0.25) is 0 Å². The summed E-state index contributed by atoms with van der Waals surface area (Å²) in [6, 6.07) is 0. The van der Waals surface area contributed by atoms with E-state index in [2.05, 4.69) is 11.3 Å². The average molecular weight is 184 g/mol. The Labute approximate surface area is 78.7 Å². The second-order valence-electron chi connectivity index (χ2n) is 2.70. The summed E-state index contributed by atoms with van der Waals surface area (Å²) in [6.07, 6.45) is 5.45. The SMILES string of the molecule is C=C(C=CC(=O)OC)CCCCO. The molecule has 3 nitrogen and oxygen atoms in total. The number of ether oxygens (including phenoxy) is 1. The zero-order chi connectivity index (χ0) is 10.1. The molecule has 0 radical (unpaired) electrons. The van der Waals surface area contributed by atoms with E-state index < -0.39 is 0 Å². The molecular formula is C10H16O3. The molecular weight excluding hydrogens is 168 g/mol. The minimum atomic E-state index is -0.372. The molecule has 0 atom stereocenters. The Hall–Kier alpha value is -1.09. The first-order valence-electron chi connectivity index (χ1n) is 4.25. The maximum absolute atomic E-state index is 10.7. The van der Waals surface area contributed by atoms with E-state index in [1.807, 2.05) is 0 Å². The van der Waals surface area contributed by atoms with E-state index >= 15 is 0 Å². The van der Waals surface area contributed by atoms with Crippen LogP contribution in [0.1, 0.15) is 19.3 Å². The highest BCUT2D eigenvalue weighted by Crippen LogP contribution is 2.05. The monoisotopic (exact) mass is 184 g/mol. The van der Waals surface area contributed by atoms with Crippen molar-refractivity contribution < 1.29 is 14.6 Å². The molecule has 0 fully saturated rings. The average Bonchev–Trinajstić information content (AvgIpc) is 2.14. The first kappa shape index (κ1) is 11.9. The zero-order valence-electron chi connectivity index (χ0n) is 7.95. The third kappa shape index (κ3) is 7.28. The summed E-state index contributed by atoms with van der Waals surface area (Å²) in [5.74, 6) is -0.372. The fraction of sp³-hybridized carbons (Fsp3) is 0.500. The summed E-state index contributed by atoms with van der Waals surface area (Å²) in [6.45, 7) is 3.96. The van der Waals surface area contributed by atoms with Crippen molar-refractivity contribution >= 4 is 5.97 Å².